The maximum atomic E-state index is 10.7. The number of benzene rings is 1. The predicted molar refractivity (Wildman–Crippen MR) is 59.2 cm³/mol. The number of nitrogens with one attached hydrogen (secondary N) is 1. The van der Waals surface area contributed by atoms with Gasteiger partial charge < -0.3 is 4.74 Å². The Bertz CT molecular complexity index is 374. The molecule has 0 aliphatic heterocycles. The number of hydrogen-bond acceptors (Lipinski definition) is 3. The summed E-state index contributed by atoms with van der Waals surface area (Å²) in [7, 11) is 1.28. The third-order valence-electron chi connectivity index (χ3n) is 1.76. The van der Waals surface area contributed by atoms with Gasteiger partial charge in [-0.05, 0) is 24.6 Å². The third-order valence-corrected chi connectivity index (χ3v) is 2.01. The second kappa shape index (κ2) is 5.36. The van der Waals surface area contributed by atoms with E-state index in [1.807, 2.05) is 12.1 Å². The van der Waals surface area contributed by atoms with Gasteiger partial charge >= 0.3 is 6.09 Å². The summed E-state index contributed by atoms with van der Waals surface area (Å²) in [6.07, 6.45) is -0.594. The minimum absolute atomic E-state index is 0.594. The fourth-order valence-corrected chi connectivity index (χ4v) is 1.06. The molecule has 1 aromatic rings. The Kier molecular flexibility index (Phi) is 4.12. The molecule has 0 unspecified atom stereocenters. The van der Waals surface area contributed by atoms with Gasteiger partial charge in [0.25, 0.3) is 0 Å². The molecule has 80 valence electrons. The Morgan fingerprint density at radius 3 is 2.53 bits per heavy atom. The van der Waals surface area contributed by atoms with Gasteiger partial charge in [-0.2, -0.15) is 5.10 Å². The predicted octanol–water partition coefficient (Wildman–Crippen LogP) is 2.42. The molecule has 0 atom stereocenters. The van der Waals surface area contributed by atoms with Crippen LogP contribution >= 0.6 is 11.6 Å². The molecule has 15 heavy (non-hydrogen) atoms. The van der Waals surface area contributed by atoms with Crippen molar-refractivity contribution >= 4 is 23.4 Å². The van der Waals surface area contributed by atoms with E-state index < -0.39 is 6.09 Å². The fraction of sp³-hybridized carbons (Fsp3) is 0.200. The molecule has 1 aromatic carbocycles. The topological polar surface area (TPSA) is 50.7 Å². The molecule has 1 rings (SSSR count). The Morgan fingerprint density at radius 2 is 2.00 bits per heavy atom. The van der Waals surface area contributed by atoms with E-state index in [1.54, 1.807) is 19.1 Å². The first-order valence-corrected chi connectivity index (χ1v) is 4.65. The van der Waals surface area contributed by atoms with Crippen molar-refractivity contribution in [3.05, 3.63) is 34.9 Å². The van der Waals surface area contributed by atoms with Crippen LogP contribution in [-0.4, -0.2) is 18.9 Å². The van der Waals surface area contributed by atoms with Crippen molar-refractivity contribution in [3.8, 4) is 0 Å². The van der Waals surface area contributed by atoms with E-state index in [-0.39, 0.29) is 0 Å². The average Bonchev–Trinajstić information content (AvgIpc) is 2.26. The highest BCUT2D eigenvalue weighted by atomic mass is 35.5. The lowest BCUT2D eigenvalue weighted by Gasteiger charge is -2.01. The molecule has 5 heteroatoms. The molecule has 0 aliphatic carbocycles. The number of amides is 1. The van der Waals surface area contributed by atoms with Crippen LogP contribution in [0.3, 0.4) is 0 Å². The van der Waals surface area contributed by atoms with Crippen molar-refractivity contribution in [1.82, 2.24) is 5.43 Å². The van der Waals surface area contributed by atoms with Crippen LogP contribution in [0, 0.1) is 0 Å². The van der Waals surface area contributed by atoms with Gasteiger partial charge in [0.2, 0.25) is 0 Å². The maximum absolute atomic E-state index is 10.7. The fourth-order valence-electron chi connectivity index (χ4n) is 0.931. The lowest BCUT2D eigenvalue weighted by atomic mass is 10.1. The average molecular weight is 227 g/mol. The molecule has 0 radical (unpaired) electrons. The van der Waals surface area contributed by atoms with Crippen LogP contribution in [-0.2, 0) is 4.74 Å². The van der Waals surface area contributed by atoms with Crippen molar-refractivity contribution in [2.45, 2.75) is 6.92 Å². The van der Waals surface area contributed by atoms with Crippen LogP contribution in [0.15, 0.2) is 29.4 Å². The van der Waals surface area contributed by atoms with Crippen LogP contribution in [0.4, 0.5) is 4.79 Å². The highest BCUT2D eigenvalue weighted by molar-refractivity contribution is 6.30. The van der Waals surface area contributed by atoms with Crippen molar-refractivity contribution in [3.63, 3.8) is 0 Å². The minimum atomic E-state index is -0.594. The lowest BCUT2D eigenvalue weighted by Crippen LogP contribution is -2.18. The van der Waals surface area contributed by atoms with Crippen molar-refractivity contribution in [2.24, 2.45) is 5.10 Å². The summed E-state index contributed by atoms with van der Waals surface area (Å²) in [4.78, 5) is 10.7. The monoisotopic (exact) mass is 226 g/mol. The summed E-state index contributed by atoms with van der Waals surface area (Å²) < 4.78 is 4.38. The molecule has 4 nitrogen and oxygen atoms in total. The lowest BCUT2D eigenvalue weighted by molar-refractivity contribution is 0.171. The highest BCUT2D eigenvalue weighted by Crippen LogP contribution is 2.09. The van der Waals surface area contributed by atoms with E-state index in [0.717, 1.165) is 5.56 Å². The van der Waals surface area contributed by atoms with Crippen LogP contribution in [0.5, 0.6) is 0 Å². The van der Waals surface area contributed by atoms with E-state index in [2.05, 4.69) is 15.3 Å². The van der Waals surface area contributed by atoms with Crippen LogP contribution < -0.4 is 5.43 Å². The molecular weight excluding hydrogens is 216 g/mol. The molecule has 0 bridgehead atoms. The Balaban J connectivity index is 2.71. The van der Waals surface area contributed by atoms with Gasteiger partial charge in [-0.1, -0.05) is 23.7 Å². The number of nitrogens with zero attached hydrogens (tertiary/aromatic N) is 1. The van der Waals surface area contributed by atoms with Gasteiger partial charge in [0, 0.05) is 5.02 Å². The zero-order valence-electron chi connectivity index (χ0n) is 8.45. The standard InChI is InChI=1S/C10H11ClN2O2/c1-7(12-13-10(14)15-2)8-3-5-9(11)6-4-8/h3-6H,1-2H3,(H,13,14)/b12-7-. The first-order valence-electron chi connectivity index (χ1n) is 4.27. The number of methoxy groups -OCH3 is 1. The Morgan fingerprint density at radius 1 is 1.40 bits per heavy atom. The summed E-state index contributed by atoms with van der Waals surface area (Å²) in [5.74, 6) is 0. The molecular formula is C10H11ClN2O2. The summed E-state index contributed by atoms with van der Waals surface area (Å²) in [6.45, 7) is 1.78. The number of rotatable bonds is 2. The van der Waals surface area contributed by atoms with Crippen LogP contribution in [0.2, 0.25) is 5.02 Å². The van der Waals surface area contributed by atoms with Gasteiger partial charge in [0.05, 0.1) is 12.8 Å². The molecule has 0 spiro atoms. The molecule has 0 heterocycles. The number of halogens is 1. The SMILES string of the molecule is COC(=O)N/N=C(/C)c1ccc(Cl)cc1. The van der Waals surface area contributed by atoms with Gasteiger partial charge in [-0.3, -0.25) is 0 Å². The number of hydrogen-bond donors (Lipinski definition) is 1. The van der Waals surface area contributed by atoms with E-state index in [0.29, 0.717) is 10.7 Å². The minimum Gasteiger partial charge on any atom is -0.452 e. The van der Waals surface area contributed by atoms with E-state index >= 15 is 0 Å². The number of carbonyl (C=O) groups excluding carboxylic acids is 1. The van der Waals surface area contributed by atoms with Gasteiger partial charge in [0.15, 0.2) is 0 Å². The molecule has 1 amide bonds. The van der Waals surface area contributed by atoms with E-state index in [1.165, 1.54) is 7.11 Å². The van der Waals surface area contributed by atoms with Crippen LogP contribution in [0.25, 0.3) is 0 Å². The molecule has 0 fully saturated rings. The molecule has 0 aromatic heterocycles. The number of carbonyl (C=O) groups is 1. The van der Waals surface area contributed by atoms with E-state index in [9.17, 15) is 4.79 Å². The number of ether oxygens (including phenoxy) is 1. The number of hydrazone groups is 1. The first-order chi connectivity index (χ1) is 7.13. The van der Waals surface area contributed by atoms with Crippen molar-refractivity contribution in [2.75, 3.05) is 7.11 Å². The highest BCUT2D eigenvalue weighted by Gasteiger charge is 1.99. The second-order valence-corrected chi connectivity index (χ2v) is 3.24. The van der Waals surface area contributed by atoms with Crippen LogP contribution in [0.1, 0.15) is 12.5 Å². The first kappa shape index (κ1) is 11.5. The van der Waals surface area contributed by atoms with Crippen molar-refractivity contribution in [1.29, 1.82) is 0 Å². The summed E-state index contributed by atoms with van der Waals surface area (Å²) in [6, 6.07) is 7.16. The van der Waals surface area contributed by atoms with Gasteiger partial charge in [-0.25, -0.2) is 10.2 Å². The Labute approximate surface area is 92.9 Å². The normalized spacial score (nSPS) is 11.0. The van der Waals surface area contributed by atoms with Gasteiger partial charge in [-0.15, -0.1) is 0 Å². The summed E-state index contributed by atoms with van der Waals surface area (Å²) in [5, 5.41) is 4.50. The zero-order valence-corrected chi connectivity index (χ0v) is 9.21. The van der Waals surface area contributed by atoms with E-state index in [4.69, 9.17) is 11.6 Å². The quantitative estimate of drug-likeness (QED) is 0.622. The zero-order chi connectivity index (χ0) is 11.3. The molecule has 0 saturated heterocycles. The Hall–Kier alpha value is -1.55. The molecule has 0 aliphatic rings. The smallest absolute Gasteiger partial charge is 0.427 e. The summed E-state index contributed by atoms with van der Waals surface area (Å²) in [5.41, 5.74) is 3.80. The third kappa shape index (κ3) is 3.59. The second-order valence-electron chi connectivity index (χ2n) is 2.81. The molecule has 1 N–H and O–H groups in total. The molecule has 0 saturated carbocycles. The van der Waals surface area contributed by atoms with Crippen molar-refractivity contribution < 1.29 is 9.53 Å². The summed E-state index contributed by atoms with van der Waals surface area (Å²) >= 11 is 5.74. The van der Waals surface area contributed by atoms with Gasteiger partial charge in [0.1, 0.15) is 0 Å². The maximum Gasteiger partial charge on any atom is 0.427 e. The largest absolute Gasteiger partial charge is 0.452 e.